The van der Waals surface area contributed by atoms with E-state index in [0.717, 1.165) is 0 Å². The number of hydrogen-bond acceptors (Lipinski definition) is 5. The summed E-state index contributed by atoms with van der Waals surface area (Å²) in [6.07, 6.45) is 0. The smallest absolute Gasteiger partial charge is 0.326 e. The van der Waals surface area contributed by atoms with Crippen LogP contribution in [0.4, 0.5) is 0 Å². The van der Waals surface area contributed by atoms with E-state index in [1.54, 1.807) is 27.7 Å². The Kier molecular flexibility index (Phi) is 4.52. The van der Waals surface area contributed by atoms with Crippen LogP contribution < -0.4 is 10.1 Å². The minimum atomic E-state index is -1.09. The number of ether oxygens (including phenoxy) is 1. The number of amides is 1. The maximum atomic E-state index is 11.6. The number of carbonyl (C=O) groups excluding carboxylic acids is 1. The van der Waals surface area contributed by atoms with E-state index in [2.05, 4.69) is 10.5 Å². The molecule has 0 fully saturated rings. The molecule has 1 aromatic heterocycles. The monoisotopic (exact) mass is 270 g/mol. The first kappa shape index (κ1) is 15.0. The standard InChI is InChI=1S/C12H18N2O5/c1-7-5-9(14-19-7)18-6-8(15)13-10(11(16)17)12(2,3)4/h5,10H,6H2,1-4H3,(H,13,15)(H,16,17). The molecular formula is C12H18N2O5. The molecule has 7 heteroatoms. The fraction of sp³-hybridized carbons (Fsp3) is 0.583. The molecule has 106 valence electrons. The van der Waals surface area contributed by atoms with Crippen LogP contribution in [0.2, 0.25) is 0 Å². The van der Waals surface area contributed by atoms with Gasteiger partial charge in [0.25, 0.3) is 11.8 Å². The summed E-state index contributed by atoms with van der Waals surface area (Å²) in [5.41, 5.74) is -0.591. The van der Waals surface area contributed by atoms with Crippen LogP contribution in [-0.2, 0) is 9.59 Å². The Hall–Kier alpha value is -2.05. The van der Waals surface area contributed by atoms with Crippen molar-refractivity contribution < 1.29 is 24.0 Å². The zero-order valence-corrected chi connectivity index (χ0v) is 11.4. The van der Waals surface area contributed by atoms with Crippen molar-refractivity contribution in [3.63, 3.8) is 0 Å². The molecule has 0 bridgehead atoms. The first-order valence-electron chi connectivity index (χ1n) is 5.78. The van der Waals surface area contributed by atoms with Gasteiger partial charge < -0.3 is 19.7 Å². The lowest BCUT2D eigenvalue weighted by Gasteiger charge is -2.27. The molecule has 0 saturated heterocycles. The summed E-state index contributed by atoms with van der Waals surface area (Å²) in [5.74, 6) is -0.857. The second-order valence-corrected chi connectivity index (χ2v) is 5.27. The molecule has 1 aromatic rings. The molecule has 1 atom stereocenters. The molecule has 2 N–H and O–H groups in total. The average molecular weight is 270 g/mol. The van der Waals surface area contributed by atoms with E-state index < -0.39 is 23.3 Å². The lowest BCUT2D eigenvalue weighted by Crippen LogP contribution is -2.50. The van der Waals surface area contributed by atoms with Crippen LogP contribution in [0.3, 0.4) is 0 Å². The minimum Gasteiger partial charge on any atom is -0.480 e. The van der Waals surface area contributed by atoms with Gasteiger partial charge in [0, 0.05) is 6.07 Å². The first-order valence-corrected chi connectivity index (χ1v) is 5.78. The predicted molar refractivity (Wildman–Crippen MR) is 65.8 cm³/mol. The van der Waals surface area contributed by atoms with Gasteiger partial charge in [-0.1, -0.05) is 20.8 Å². The summed E-state index contributed by atoms with van der Waals surface area (Å²) in [6, 6.07) is 0.550. The maximum absolute atomic E-state index is 11.6. The van der Waals surface area contributed by atoms with Gasteiger partial charge in [0.1, 0.15) is 11.8 Å². The van der Waals surface area contributed by atoms with Crippen molar-refractivity contribution in [3.8, 4) is 5.88 Å². The van der Waals surface area contributed by atoms with E-state index in [4.69, 9.17) is 14.4 Å². The summed E-state index contributed by atoms with van der Waals surface area (Å²) in [5, 5.41) is 15.0. The number of carbonyl (C=O) groups is 2. The van der Waals surface area contributed by atoms with Crippen molar-refractivity contribution >= 4 is 11.9 Å². The van der Waals surface area contributed by atoms with E-state index in [0.29, 0.717) is 5.76 Å². The van der Waals surface area contributed by atoms with Gasteiger partial charge in [0.05, 0.1) is 0 Å². The highest BCUT2D eigenvalue weighted by Crippen LogP contribution is 2.19. The van der Waals surface area contributed by atoms with Crippen LogP contribution in [-0.4, -0.2) is 34.8 Å². The molecular weight excluding hydrogens is 252 g/mol. The molecule has 0 aliphatic rings. The molecule has 0 saturated carbocycles. The Bertz CT molecular complexity index is 461. The predicted octanol–water partition coefficient (Wildman–Crippen LogP) is 0.977. The van der Waals surface area contributed by atoms with Crippen LogP contribution in [0.15, 0.2) is 10.6 Å². The number of nitrogens with zero attached hydrogens (tertiary/aromatic N) is 1. The van der Waals surface area contributed by atoms with Gasteiger partial charge in [-0.25, -0.2) is 4.79 Å². The van der Waals surface area contributed by atoms with Crippen molar-refractivity contribution in [3.05, 3.63) is 11.8 Å². The van der Waals surface area contributed by atoms with Crippen LogP contribution in [0.25, 0.3) is 0 Å². The lowest BCUT2D eigenvalue weighted by molar-refractivity contribution is -0.145. The highest BCUT2D eigenvalue weighted by molar-refractivity contribution is 5.84. The van der Waals surface area contributed by atoms with Gasteiger partial charge in [-0.15, -0.1) is 0 Å². The minimum absolute atomic E-state index is 0.190. The first-order chi connectivity index (χ1) is 8.70. The van der Waals surface area contributed by atoms with Gasteiger partial charge in [0.2, 0.25) is 0 Å². The highest BCUT2D eigenvalue weighted by atomic mass is 16.5. The number of nitrogens with one attached hydrogen (secondary N) is 1. The average Bonchev–Trinajstić information content (AvgIpc) is 2.67. The number of aliphatic carboxylic acids is 1. The third-order valence-corrected chi connectivity index (χ3v) is 2.38. The molecule has 7 nitrogen and oxygen atoms in total. The van der Waals surface area contributed by atoms with Crippen LogP contribution >= 0.6 is 0 Å². The molecule has 19 heavy (non-hydrogen) atoms. The largest absolute Gasteiger partial charge is 0.480 e. The topological polar surface area (TPSA) is 102 Å². The summed E-state index contributed by atoms with van der Waals surface area (Å²) in [4.78, 5) is 22.7. The molecule has 0 aliphatic heterocycles. The molecule has 1 unspecified atom stereocenters. The SMILES string of the molecule is Cc1cc(OCC(=O)NC(C(=O)O)C(C)(C)C)no1. The fourth-order valence-corrected chi connectivity index (χ4v) is 1.40. The van der Waals surface area contributed by atoms with E-state index in [9.17, 15) is 9.59 Å². The Balaban J connectivity index is 2.52. The normalized spacial score (nSPS) is 12.8. The lowest BCUT2D eigenvalue weighted by atomic mass is 9.87. The van der Waals surface area contributed by atoms with E-state index in [-0.39, 0.29) is 12.5 Å². The molecule has 1 heterocycles. The fourth-order valence-electron chi connectivity index (χ4n) is 1.40. The van der Waals surface area contributed by atoms with E-state index >= 15 is 0 Å². The van der Waals surface area contributed by atoms with Gasteiger partial charge in [-0.2, -0.15) is 0 Å². The third-order valence-electron chi connectivity index (χ3n) is 2.38. The number of aryl methyl sites for hydroxylation is 1. The van der Waals surface area contributed by atoms with Gasteiger partial charge in [-0.05, 0) is 17.5 Å². The second kappa shape index (κ2) is 5.73. The Morgan fingerprint density at radius 1 is 1.53 bits per heavy atom. The number of carboxylic acids is 1. The summed E-state index contributed by atoms with van der Waals surface area (Å²) in [7, 11) is 0. The molecule has 0 aliphatic carbocycles. The Morgan fingerprint density at radius 3 is 2.58 bits per heavy atom. The maximum Gasteiger partial charge on any atom is 0.326 e. The zero-order chi connectivity index (χ0) is 14.6. The van der Waals surface area contributed by atoms with Gasteiger partial charge in [-0.3, -0.25) is 4.79 Å². The van der Waals surface area contributed by atoms with Crippen LogP contribution in [0, 0.1) is 12.3 Å². The van der Waals surface area contributed by atoms with Gasteiger partial charge >= 0.3 is 5.97 Å². The van der Waals surface area contributed by atoms with E-state index in [1.165, 1.54) is 6.07 Å². The van der Waals surface area contributed by atoms with Crippen LogP contribution in [0.5, 0.6) is 5.88 Å². The molecule has 0 spiro atoms. The second-order valence-electron chi connectivity index (χ2n) is 5.27. The van der Waals surface area contributed by atoms with Gasteiger partial charge in [0.15, 0.2) is 6.61 Å². The molecule has 0 aromatic carbocycles. The number of rotatable bonds is 5. The Labute approximate surface area is 110 Å². The zero-order valence-electron chi connectivity index (χ0n) is 11.4. The molecule has 0 radical (unpaired) electrons. The Morgan fingerprint density at radius 2 is 2.16 bits per heavy atom. The van der Waals surface area contributed by atoms with Crippen LogP contribution in [0.1, 0.15) is 26.5 Å². The van der Waals surface area contributed by atoms with Crippen molar-refractivity contribution in [2.45, 2.75) is 33.7 Å². The molecule has 1 rings (SSSR count). The van der Waals surface area contributed by atoms with Crippen molar-refractivity contribution in [2.75, 3.05) is 6.61 Å². The summed E-state index contributed by atoms with van der Waals surface area (Å²) < 4.78 is 9.84. The number of carboxylic acid groups (broad SMARTS) is 1. The summed E-state index contributed by atoms with van der Waals surface area (Å²) >= 11 is 0. The number of aromatic nitrogens is 1. The summed E-state index contributed by atoms with van der Waals surface area (Å²) in [6.45, 7) is 6.57. The highest BCUT2D eigenvalue weighted by Gasteiger charge is 2.32. The third kappa shape index (κ3) is 4.61. The molecule has 1 amide bonds. The van der Waals surface area contributed by atoms with Crippen molar-refractivity contribution in [2.24, 2.45) is 5.41 Å². The van der Waals surface area contributed by atoms with Crippen molar-refractivity contribution in [1.29, 1.82) is 0 Å². The number of hydrogen-bond donors (Lipinski definition) is 2. The van der Waals surface area contributed by atoms with Crippen molar-refractivity contribution in [1.82, 2.24) is 10.5 Å². The quantitative estimate of drug-likeness (QED) is 0.826. The van der Waals surface area contributed by atoms with E-state index in [1.807, 2.05) is 0 Å².